The number of benzene rings is 2. The third-order valence-corrected chi connectivity index (χ3v) is 3.35. The van der Waals surface area contributed by atoms with Gasteiger partial charge in [0.2, 0.25) is 0 Å². The topological polar surface area (TPSA) is 62.6 Å². The van der Waals surface area contributed by atoms with Crippen LogP contribution in [0.2, 0.25) is 0 Å². The molecule has 0 atom stereocenters. The number of methoxy groups -OCH3 is 1. The number of amides is 1. The molecule has 2 rings (SSSR count). The van der Waals surface area contributed by atoms with Crippen LogP contribution in [0.25, 0.3) is 0 Å². The smallest absolute Gasteiger partial charge is 0.260 e. The van der Waals surface area contributed by atoms with Gasteiger partial charge in [0, 0.05) is 13.6 Å². The van der Waals surface area contributed by atoms with Crippen molar-refractivity contribution in [2.45, 2.75) is 6.54 Å². The van der Waals surface area contributed by atoms with Gasteiger partial charge < -0.3 is 14.4 Å². The molecule has 0 heterocycles. The Morgan fingerprint density at radius 1 is 1.09 bits per heavy atom. The Labute approximate surface area is 135 Å². The highest BCUT2D eigenvalue weighted by Crippen LogP contribution is 2.17. The first-order chi connectivity index (χ1) is 11.1. The summed E-state index contributed by atoms with van der Waals surface area (Å²) in [4.78, 5) is 13.7. The number of rotatable bonds is 6. The van der Waals surface area contributed by atoms with E-state index in [-0.39, 0.29) is 12.5 Å². The number of hydrogen-bond acceptors (Lipinski definition) is 4. The molecule has 0 aromatic heterocycles. The van der Waals surface area contributed by atoms with Gasteiger partial charge in [-0.1, -0.05) is 12.1 Å². The average Bonchev–Trinajstić information content (AvgIpc) is 2.60. The van der Waals surface area contributed by atoms with Crippen LogP contribution in [0.4, 0.5) is 0 Å². The molecule has 0 bridgehead atoms. The average molecular weight is 310 g/mol. The minimum Gasteiger partial charge on any atom is -0.497 e. The second-order valence-corrected chi connectivity index (χ2v) is 5.02. The largest absolute Gasteiger partial charge is 0.497 e. The molecule has 5 heteroatoms. The van der Waals surface area contributed by atoms with Crippen LogP contribution in [-0.4, -0.2) is 31.6 Å². The molecule has 0 radical (unpaired) electrons. The summed E-state index contributed by atoms with van der Waals surface area (Å²) in [7, 11) is 3.31. The lowest BCUT2D eigenvalue weighted by atomic mass is 10.1. The first kappa shape index (κ1) is 16.4. The number of carbonyl (C=O) groups excluding carboxylic acids is 1. The maximum Gasteiger partial charge on any atom is 0.260 e. The number of nitrogens with zero attached hydrogens (tertiary/aromatic N) is 2. The van der Waals surface area contributed by atoms with Crippen LogP contribution in [0.15, 0.2) is 48.5 Å². The molecular formula is C18H18N2O3. The van der Waals surface area contributed by atoms with Gasteiger partial charge in [-0.2, -0.15) is 5.26 Å². The number of ether oxygens (including phenoxy) is 2. The van der Waals surface area contributed by atoms with Crippen molar-refractivity contribution in [3.63, 3.8) is 0 Å². The van der Waals surface area contributed by atoms with Gasteiger partial charge in [-0.15, -0.1) is 0 Å². The molecule has 23 heavy (non-hydrogen) atoms. The molecule has 0 fully saturated rings. The van der Waals surface area contributed by atoms with Crippen LogP contribution in [0.5, 0.6) is 11.5 Å². The summed E-state index contributed by atoms with van der Waals surface area (Å²) in [5.41, 5.74) is 1.56. The third kappa shape index (κ3) is 4.75. The van der Waals surface area contributed by atoms with E-state index in [1.807, 2.05) is 12.1 Å². The van der Waals surface area contributed by atoms with Crippen LogP contribution < -0.4 is 9.47 Å². The van der Waals surface area contributed by atoms with Crippen LogP contribution in [0.3, 0.4) is 0 Å². The summed E-state index contributed by atoms with van der Waals surface area (Å²) in [5.74, 6) is 1.23. The van der Waals surface area contributed by atoms with E-state index in [1.54, 1.807) is 55.5 Å². The van der Waals surface area contributed by atoms with Crippen LogP contribution >= 0.6 is 0 Å². The molecule has 0 aliphatic carbocycles. The van der Waals surface area contributed by atoms with E-state index in [0.29, 0.717) is 17.9 Å². The molecule has 0 spiro atoms. The Bertz CT molecular complexity index is 688. The van der Waals surface area contributed by atoms with Crippen LogP contribution in [0, 0.1) is 11.3 Å². The lowest BCUT2D eigenvalue weighted by Crippen LogP contribution is -2.30. The van der Waals surface area contributed by atoms with Crippen LogP contribution in [-0.2, 0) is 11.3 Å². The van der Waals surface area contributed by atoms with Crippen molar-refractivity contribution in [1.29, 1.82) is 5.26 Å². The van der Waals surface area contributed by atoms with Gasteiger partial charge >= 0.3 is 0 Å². The predicted molar refractivity (Wildman–Crippen MR) is 86.1 cm³/mol. The van der Waals surface area contributed by atoms with E-state index in [1.165, 1.54) is 0 Å². The van der Waals surface area contributed by atoms with Gasteiger partial charge in [0.25, 0.3) is 5.91 Å². The second kappa shape index (κ2) is 7.85. The van der Waals surface area contributed by atoms with E-state index in [2.05, 4.69) is 6.07 Å². The van der Waals surface area contributed by atoms with E-state index < -0.39 is 0 Å². The predicted octanol–water partition coefficient (Wildman–Crippen LogP) is 2.60. The highest BCUT2D eigenvalue weighted by molar-refractivity contribution is 5.77. The summed E-state index contributed by atoms with van der Waals surface area (Å²) in [6.45, 7) is 0.440. The molecule has 0 aliphatic rings. The third-order valence-electron chi connectivity index (χ3n) is 3.35. The summed E-state index contributed by atoms with van der Waals surface area (Å²) in [5, 5.41) is 8.77. The molecule has 0 unspecified atom stereocenters. The van der Waals surface area contributed by atoms with Crippen molar-refractivity contribution in [2.75, 3.05) is 20.8 Å². The van der Waals surface area contributed by atoms with Gasteiger partial charge in [0.05, 0.1) is 18.7 Å². The summed E-state index contributed by atoms with van der Waals surface area (Å²) in [6.07, 6.45) is 0. The number of carbonyl (C=O) groups is 1. The van der Waals surface area contributed by atoms with Gasteiger partial charge in [-0.25, -0.2) is 0 Å². The van der Waals surface area contributed by atoms with Crippen molar-refractivity contribution in [1.82, 2.24) is 4.90 Å². The fraction of sp³-hybridized carbons (Fsp3) is 0.222. The number of likely N-dealkylation sites (N-methyl/N-ethyl adjacent to an activating group) is 1. The summed E-state index contributed by atoms with van der Waals surface area (Å²) < 4.78 is 10.5. The quantitative estimate of drug-likeness (QED) is 0.823. The van der Waals surface area contributed by atoms with E-state index >= 15 is 0 Å². The molecule has 0 N–H and O–H groups in total. The minimum atomic E-state index is -0.120. The van der Waals surface area contributed by atoms with Gasteiger partial charge in [0.15, 0.2) is 6.61 Å². The lowest BCUT2D eigenvalue weighted by molar-refractivity contribution is -0.132. The highest BCUT2D eigenvalue weighted by Gasteiger charge is 2.10. The van der Waals surface area contributed by atoms with E-state index in [0.717, 1.165) is 11.3 Å². The Morgan fingerprint density at radius 3 is 2.26 bits per heavy atom. The van der Waals surface area contributed by atoms with Gasteiger partial charge in [-0.3, -0.25) is 4.79 Å². The molecular weight excluding hydrogens is 292 g/mol. The molecule has 0 saturated heterocycles. The first-order valence-electron chi connectivity index (χ1n) is 7.12. The molecule has 2 aromatic rings. The van der Waals surface area contributed by atoms with E-state index in [9.17, 15) is 4.79 Å². The fourth-order valence-electron chi connectivity index (χ4n) is 1.97. The second-order valence-electron chi connectivity index (χ2n) is 5.02. The molecule has 5 nitrogen and oxygen atoms in total. The van der Waals surface area contributed by atoms with Gasteiger partial charge in [-0.05, 0) is 42.0 Å². The maximum atomic E-state index is 12.1. The van der Waals surface area contributed by atoms with Crippen molar-refractivity contribution < 1.29 is 14.3 Å². The maximum absolute atomic E-state index is 12.1. The van der Waals surface area contributed by atoms with E-state index in [4.69, 9.17) is 14.7 Å². The molecule has 118 valence electrons. The SMILES string of the molecule is COc1ccc(OCC(=O)N(C)Cc2ccc(C#N)cc2)cc1. The Kier molecular flexibility index (Phi) is 5.59. The van der Waals surface area contributed by atoms with Gasteiger partial charge in [0.1, 0.15) is 11.5 Å². The monoisotopic (exact) mass is 310 g/mol. The lowest BCUT2D eigenvalue weighted by Gasteiger charge is -2.17. The summed E-state index contributed by atoms with van der Waals surface area (Å²) in [6, 6.07) is 16.3. The standard InChI is InChI=1S/C18H18N2O3/c1-20(12-15-5-3-14(11-19)4-6-15)18(21)13-23-17-9-7-16(22-2)8-10-17/h3-10H,12-13H2,1-2H3. The Morgan fingerprint density at radius 2 is 1.70 bits per heavy atom. The summed E-state index contributed by atoms with van der Waals surface area (Å²) >= 11 is 0. The van der Waals surface area contributed by atoms with Crippen molar-refractivity contribution >= 4 is 5.91 Å². The Balaban J connectivity index is 1.85. The van der Waals surface area contributed by atoms with Crippen molar-refractivity contribution in [3.05, 3.63) is 59.7 Å². The first-order valence-corrected chi connectivity index (χ1v) is 7.12. The minimum absolute atomic E-state index is 0.0287. The van der Waals surface area contributed by atoms with Crippen LogP contribution in [0.1, 0.15) is 11.1 Å². The number of nitriles is 1. The zero-order valence-electron chi connectivity index (χ0n) is 13.2. The normalized spacial score (nSPS) is 9.78. The molecule has 0 saturated carbocycles. The molecule has 2 aromatic carbocycles. The fourth-order valence-corrected chi connectivity index (χ4v) is 1.97. The van der Waals surface area contributed by atoms with Crippen molar-refractivity contribution in [2.24, 2.45) is 0 Å². The zero-order valence-corrected chi connectivity index (χ0v) is 13.2. The Hall–Kier alpha value is -3.00. The molecule has 1 amide bonds. The number of hydrogen-bond donors (Lipinski definition) is 0. The zero-order chi connectivity index (χ0) is 16.7. The molecule has 0 aliphatic heterocycles. The van der Waals surface area contributed by atoms with Crippen molar-refractivity contribution in [3.8, 4) is 17.6 Å². The highest BCUT2D eigenvalue weighted by atomic mass is 16.5.